The second-order valence-corrected chi connectivity index (χ2v) is 8.38. The fraction of sp³-hybridized carbons (Fsp3) is 0.636. The molecule has 16 heavy (non-hydrogen) atoms. The third-order valence-corrected chi connectivity index (χ3v) is 7.75. The quantitative estimate of drug-likeness (QED) is 0.888. The van der Waals surface area contributed by atoms with Crippen LogP contribution in [0.15, 0.2) is 11.4 Å². The number of aliphatic hydroxyl groups is 1. The number of aliphatic hydroxyl groups excluding tert-OH is 1. The lowest BCUT2D eigenvalue weighted by atomic mass is 10.2. The van der Waals surface area contributed by atoms with Crippen molar-refractivity contribution in [3.05, 3.63) is 21.3 Å². The molecule has 1 aliphatic heterocycles. The summed E-state index contributed by atoms with van der Waals surface area (Å²) in [5, 5.41) is 14.5. The van der Waals surface area contributed by atoms with Crippen LogP contribution >= 0.6 is 46.5 Å². The predicted molar refractivity (Wildman–Crippen MR) is 77.0 cm³/mol. The minimum Gasteiger partial charge on any atom is -0.386 e. The number of thiophene rings is 1. The smallest absolute Gasteiger partial charge is 0.102 e. The summed E-state index contributed by atoms with van der Waals surface area (Å²) in [7, 11) is 0. The maximum absolute atomic E-state index is 10.3. The van der Waals surface area contributed by atoms with Crippen molar-refractivity contribution < 1.29 is 5.11 Å². The van der Waals surface area contributed by atoms with Crippen molar-refractivity contribution >= 4 is 46.5 Å². The normalized spacial score (nSPS) is 32.6. The van der Waals surface area contributed by atoms with Crippen LogP contribution in [0.4, 0.5) is 0 Å². The maximum Gasteiger partial charge on any atom is 0.102 e. The molecule has 1 saturated heterocycles. The van der Waals surface area contributed by atoms with Gasteiger partial charge in [0.1, 0.15) is 6.10 Å². The van der Waals surface area contributed by atoms with Crippen LogP contribution in [0.5, 0.6) is 0 Å². The Morgan fingerprint density at radius 1 is 1.44 bits per heavy atom. The summed E-state index contributed by atoms with van der Waals surface area (Å²) in [5.74, 6) is 1.01. The monoisotopic (exact) mass is 294 g/mol. The van der Waals surface area contributed by atoms with Crippen molar-refractivity contribution in [3.8, 4) is 0 Å². The highest BCUT2D eigenvalue weighted by Gasteiger charge is 2.32. The molecular formula is C11H15ClOS3. The lowest BCUT2D eigenvalue weighted by Crippen LogP contribution is -2.30. The van der Waals surface area contributed by atoms with E-state index in [1.54, 1.807) is 11.3 Å². The van der Waals surface area contributed by atoms with Gasteiger partial charge in [0.25, 0.3) is 0 Å². The molecule has 0 radical (unpaired) electrons. The van der Waals surface area contributed by atoms with E-state index in [0.29, 0.717) is 15.5 Å². The van der Waals surface area contributed by atoms with E-state index >= 15 is 0 Å². The Kier molecular flexibility index (Phi) is 4.52. The Bertz CT molecular complexity index is 355. The first-order valence-corrected chi connectivity index (χ1v) is 8.52. The summed E-state index contributed by atoms with van der Waals surface area (Å²) in [6.07, 6.45) is -0.417. The van der Waals surface area contributed by atoms with E-state index in [9.17, 15) is 5.11 Å². The van der Waals surface area contributed by atoms with E-state index in [0.717, 1.165) is 10.6 Å². The first kappa shape index (κ1) is 13.1. The minimum atomic E-state index is -0.417. The molecule has 1 N–H and O–H groups in total. The van der Waals surface area contributed by atoms with Crippen LogP contribution < -0.4 is 0 Å². The summed E-state index contributed by atoms with van der Waals surface area (Å²) in [5.41, 5.74) is 0. The summed E-state index contributed by atoms with van der Waals surface area (Å²) in [6, 6.07) is 1.86. The molecule has 1 nitrogen and oxygen atoms in total. The van der Waals surface area contributed by atoms with E-state index in [2.05, 4.69) is 13.8 Å². The largest absolute Gasteiger partial charge is 0.386 e. The number of hydrogen-bond acceptors (Lipinski definition) is 4. The predicted octanol–water partition coefficient (Wildman–Crippen LogP) is 4.06. The maximum atomic E-state index is 10.3. The lowest BCUT2D eigenvalue weighted by molar-refractivity contribution is 0.184. The molecule has 5 heteroatoms. The fourth-order valence-electron chi connectivity index (χ4n) is 1.66. The highest BCUT2D eigenvalue weighted by atomic mass is 35.5. The van der Waals surface area contributed by atoms with Crippen molar-refractivity contribution in [2.75, 3.05) is 5.75 Å². The van der Waals surface area contributed by atoms with Gasteiger partial charge in [0, 0.05) is 21.5 Å². The summed E-state index contributed by atoms with van der Waals surface area (Å²) < 4.78 is 0. The van der Waals surface area contributed by atoms with Crippen molar-refractivity contribution in [2.45, 2.75) is 35.7 Å². The summed E-state index contributed by atoms with van der Waals surface area (Å²) in [6.45, 7) is 4.49. The fourth-order valence-corrected chi connectivity index (χ4v) is 5.95. The molecule has 1 aromatic rings. The van der Waals surface area contributed by atoms with Crippen LogP contribution in [0.2, 0.25) is 5.02 Å². The third kappa shape index (κ3) is 2.72. The van der Waals surface area contributed by atoms with Crippen molar-refractivity contribution in [1.29, 1.82) is 0 Å². The van der Waals surface area contributed by atoms with Gasteiger partial charge in [-0.05, 0) is 11.4 Å². The van der Waals surface area contributed by atoms with Crippen LogP contribution in [0.1, 0.15) is 24.8 Å². The van der Waals surface area contributed by atoms with Crippen LogP contribution in [-0.4, -0.2) is 26.6 Å². The highest BCUT2D eigenvalue weighted by Crippen LogP contribution is 2.43. The Morgan fingerprint density at radius 2 is 2.19 bits per heavy atom. The van der Waals surface area contributed by atoms with E-state index < -0.39 is 6.10 Å². The molecule has 2 heterocycles. The molecule has 1 aromatic heterocycles. The van der Waals surface area contributed by atoms with Gasteiger partial charge in [-0.2, -0.15) is 23.5 Å². The van der Waals surface area contributed by atoms with Gasteiger partial charge in [0.15, 0.2) is 0 Å². The third-order valence-electron chi connectivity index (χ3n) is 2.84. The molecule has 1 fully saturated rings. The van der Waals surface area contributed by atoms with Gasteiger partial charge in [-0.3, -0.25) is 0 Å². The van der Waals surface area contributed by atoms with Gasteiger partial charge in [-0.15, -0.1) is 11.3 Å². The first-order valence-electron chi connectivity index (χ1n) is 5.27. The second-order valence-electron chi connectivity index (χ2n) is 4.00. The molecule has 0 aliphatic carbocycles. The first-order chi connectivity index (χ1) is 7.59. The van der Waals surface area contributed by atoms with Crippen molar-refractivity contribution in [3.63, 3.8) is 0 Å². The molecule has 4 unspecified atom stereocenters. The molecule has 0 bridgehead atoms. The number of thioether (sulfide) groups is 2. The topological polar surface area (TPSA) is 20.2 Å². The van der Waals surface area contributed by atoms with E-state index in [1.165, 1.54) is 0 Å². The number of hydrogen-bond donors (Lipinski definition) is 1. The number of rotatable bonds is 2. The van der Waals surface area contributed by atoms with Crippen molar-refractivity contribution in [1.82, 2.24) is 0 Å². The minimum absolute atomic E-state index is 0.271. The van der Waals surface area contributed by atoms with E-state index in [4.69, 9.17) is 11.6 Å². The zero-order valence-electron chi connectivity index (χ0n) is 9.22. The van der Waals surface area contributed by atoms with E-state index in [1.807, 2.05) is 35.0 Å². The standard InChI is InChI=1S/C11H15ClOS3/c1-6-7(2)16-9(5-15-6)10(13)11-8(12)3-4-14-11/h3-4,6-7,9-10,13H,5H2,1-2H3. The molecule has 1 aliphatic rings. The zero-order chi connectivity index (χ0) is 11.7. The van der Waals surface area contributed by atoms with Gasteiger partial charge in [-0.25, -0.2) is 0 Å². The number of halogens is 1. The van der Waals surface area contributed by atoms with Crippen LogP contribution in [-0.2, 0) is 0 Å². The highest BCUT2D eigenvalue weighted by molar-refractivity contribution is 8.07. The Morgan fingerprint density at radius 3 is 2.75 bits per heavy atom. The molecule has 0 amide bonds. The molecular weight excluding hydrogens is 280 g/mol. The molecule has 90 valence electrons. The average molecular weight is 295 g/mol. The summed E-state index contributed by atoms with van der Waals surface area (Å²) in [4.78, 5) is 0.918. The average Bonchev–Trinajstić information content (AvgIpc) is 2.67. The Balaban J connectivity index is 2.06. The van der Waals surface area contributed by atoms with Gasteiger partial charge in [0.05, 0.1) is 9.90 Å². The zero-order valence-corrected chi connectivity index (χ0v) is 12.4. The molecule has 2 rings (SSSR count). The van der Waals surface area contributed by atoms with Crippen LogP contribution in [0.3, 0.4) is 0 Å². The SMILES string of the molecule is CC1SCC(C(O)c2sccc2Cl)SC1C. The Hall–Kier alpha value is 0.650. The van der Waals surface area contributed by atoms with Gasteiger partial charge in [-0.1, -0.05) is 25.4 Å². The van der Waals surface area contributed by atoms with Gasteiger partial charge >= 0.3 is 0 Å². The molecule has 4 atom stereocenters. The molecule has 0 aromatic carbocycles. The molecule has 0 spiro atoms. The Labute approximate surface area is 114 Å². The van der Waals surface area contributed by atoms with Crippen LogP contribution in [0, 0.1) is 0 Å². The molecule has 0 saturated carbocycles. The van der Waals surface area contributed by atoms with Gasteiger partial charge < -0.3 is 5.11 Å². The van der Waals surface area contributed by atoms with Gasteiger partial charge in [0.2, 0.25) is 0 Å². The van der Waals surface area contributed by atoms with Crippen LogP contribution in [0.25, 0.3) is 0 Å². The van der Waals surface area contributed by atoms with Crippen molar-refractivity contribution in [2.24, 2.45) is 0 Å². The summed E-state index contributed by atoms with van der Waals surface area (Å²) >= 11 is 11.4. The van der Waals surface area contributed by atoms with E-state index in [-0.39, 0.29) is 5.25 Å². The lowest BCUT2D eigenvalue weighted by Gasteiger charge is -2.33. The second kappa shape index (κ2) is 5.53.